The fraction of sp³-hybridized carbons (Fsp3) is 0.467. The van der Waals surface area contributed by atoms with Crippen LogP contribution in [0, 0.1) is 18.8 Å². The van der Waals surface area contributed by atoms with Gasteiger partial charge in [0.25, 0.3) is 0 Å². The summed E-state index contributed by atoms with van der Waals surface area (Å²) in [6.07, 6.45) is 3.25. The van der Waals surface area contributed by atoms with Crippen LogP contribution in [0.2, 0.25) is 0 Å². The Morgan fingerprint density at radius 2 is 2.05 bits per heavy atom. The molecule has 1 aromatic carbocycles. The third-order valence-corrected chi connectivity index (χ3v) is 4.05. The molecule has 0 amide bonds. The molecule has 0 radical (unpaired) electrons. The normalized spacial score (nSPS) is 18.9. The van der Waals surface area contributed by atoms with Gasteiger partial charge in [0, 0.05) is 11.5 Å². The van der Waals surface area contributed by atoms with Crippen LogP contribution in [0.25, 0.3) is 5.76 Å². The highest BCUT2D eigenvalue weighted by Crippen LogP contribution is 2.34. The first kappa shape index (κ1) is 14.9. The van der Waals surface area contributed by atoms with E-state index in [2.05, 4.69) is 24.6 Å². The zero-order valence-electron chi connectivity index (χ0n) is 12.3. The molecule has 0 aliphatic carbocycles. The fourth-order valence-electron chi connectivity index (χ4n) is 2.22. The zero-order valence-corrected chi connectivity index (χ0v) is 13.1. The second-order valence-electron chi connectivity index (χ2n) is 5.62. The predicted octanol–water partition coefficient (Wildman–Crippen LogP) is 3.01. The van der Waals surface area contributed by atoms with Crippen molar-refractivity contribution in [2.24, 2.45) is 11.8 Å². The molecule has 0 fully saturated rings. The van der Waals surface area contributed by atoms with Crippen LogP contribution in [0.4, 0.5) is 5.69 Å². The van der Waals surface area contributed by atoms with Crippen LogP contribution in [0.5, 0.6) is 0 Å². The molecule has 0 bridgehead atoms. The van der Waals surface area contributed by atoms with E-state index in [-0.39, 0.29) is 0 Å². The van der Waals surface area contributed by atoms with E-state index in [1.54, 1.807) is 0 Å². The molecule has 1 aromatic rings. The van der Waals surface area contributed by atoms with Crippen LogP contribution in [-0.4, -0.2) is 21.3 Å². The van der Waals surface area contributed by atoms with E-state index in [9.17, 15) is 8.42 Å². The van der Waals surface area contributed by atoms with Gasteiger partial charge >= 0.3 is 0 Å². The van der Waals surface area contributed by atoms with E-state index >= 15 is 0 Å². The van der Waals surface area contributed by atoms with Gasteiger partial charge in [-0.15, -0.1) is 0 Å². The molecule has 1 aliphatic rings. The molecule has 20 heavy (non-hydrogen) atoms. The Labute approximate surface area is 120 Å². The number of hydrogen-bond donors (Lipinski definition) is 1. The van der Waals surface area contributed by atoms with Crippen molar-refractivity contribution >= 4 is 21.5 Å². The summed E-state index contributed by atoms with van der Waals surface area (Å²) in [4.78, 5) is 0. The van der Waals surface area contributed by atoms with Crippen LogP contribution >= 0.6 is 0 Å². The van der Waals surface area contributed by atoms with Gasteiger partial charge < -0.3 is 4.74 Å². The van der Waals surface area contributed by atoms with Crippen molar-refractivity contribution in [3.05, 3.63) is 35.4 Å². The summed E-state index contributed by atoms with van der Waals surface area (Å²) in [5, 5.41) is 0. The van der Waals surface area contributed by atoms with Crippen molar-refractivity contribution in [1.29, 1.82) is 0 Å². The second kappa shape index (κ2) is 5.48. The minimum absolute atomic E-state index is 0.372. The van der Waals surface area contributed by atoms with E-state index < -0.39 is 10.0 Å². The quantitative estimate of drug-likeness (QED) is 0.929. The lowest BCUT2D eigenvalue weighted by Gasteiger charge is -2.14. The van der Waals surface area contributed by atoms with E-state index in [1.807, 2.05) is 25.1 Å². The van der Waals surface area contributed by atoms with Crippen molar-refractivity contribution in [2.45, 2.75) is 20.8 Å². The molecule has 1 N–H and O–H groups in total. The molecule has 0 aromatic heterocycles. The molecule has 1 atom stereocenters. The highest BCUT2D eigenvalue weighted by atomic mass is 32.2. The molecular weight excluding hydrogens is 274 g/mol. The molecule has 5 heteroatoms. The largest absolute Gasteiger partial charge is 0.493 e. The molecular formula is C15H21NO3S. The maximum Gasteiger partial charge on any atom is 0.229 e. The third-order valence-electron chi connectivity index (χ3n) is 3.48. The van der Waals surface area contributed by atoms with Gasteiger partial charge in [-0.05, 0) is 30.5 Å². The summed E-state index contributed by atoms with van der Waals surface area (Å²) in [6.45, 7) is 6.84. The van der Waals surface area contributed by atoms with E-state index in [0.29, 0.717) is 24.1 Å². The average Bonchev–Trinajstić information content (AvgIpc) is 2.79. The number of hydrogen-bond acceptors (Lipinski definition) is 3. The number of nitrogens with one attached hydrogen (secondary N) is 1. The standard InChI is InChI=1S/C15H21NO3S/c1-10(2)12-8-14(19-9-12)13-7-5-6-11(3)15(13)16-20(4,17)18/h5-8,10,12,16H,9H2,1-4H3/t12-/m1/s1. The van der Waals surface area contributed by atoms with Crippen molar-refractivity contribution in [2.75, 3.05) is 17.6 Å². The Kier molecular flexibility index (Phi) is 4.09. The maximum atomic E-state index is 11.5. The molecule has 0 saturated heterocycles. The topological polar surface area (TPSA) is 55.4 Å². The van der Waals surface area contributed by atoms with Gasteiger partial charge in [0.1, 0.15) is 5.76 Å². The first-order valence-electron chi connectivity index (χ1n) is 6.70. The number of ether oxygens (including phenoxy) is 1. The summed E-state index contributed by atoms with van der Waals surface area (Å²) in [7, 11) is -3.31. The summed E-state index contributed by atoms with van der Waals surface area (Å²) in [5.74, 6) is 1.64. The fourth-order valence-corrected chi connectivity index (χ4v) is 2.86. The van der Waals surface area contributed by atoms with E-state index in [1.165, 1.54) is 0 Å². The van der Waals surface area contributed by atoms with Crippen LogP contribution in [-0.2, 0) is 14.8 Å². The Hall–Kier alpha value is -1.49. The first-order valence-corrected chi connectivity index (χ1v) is 8.59. The Balaban J connectivity index is 2.43. The number of rotatable bonds is 4. The summed E-state index contributed by atoms with van der Waals surface area (Å²) >= 11 is 0. The lowest BCUT2D eigenvalue weighted by Crippen LogP contribution is -2.12. The highest BCUT2D eigenvalue weighted by molar-refractivity contribution is 7.92. The third kappa shape index (κ3) is 3.33. The minimum atomic E-state index is -3.31. The summed E-state index contributed by atoms with van der Waals surface area (Å²) in [6, 6.07) is 5.67. The second-order valence-corrected chi connectivity index (χ2v) is 7.37. The van der Waals surface area contributed by atoms with Crippen molar-refractivity contribution in [1.82, 2.24) is 0 Å². The number of aryl methyl sites for hydroxylation is 1. The lowest BCUT2D eigenvalue weighted by molar-refractivity contribution is 0.244. The Bertz CT molecular complexity index is 633. The summed E-state index contributed by atoms with van der Waals surface area (Å²) in [5.41, 5.74) is 2.29. The maximum absolute atomic E-state index is 11.5. The summed E-state index contributed by atoms with van der Waals surface area (Å²) < 4.78 is 31.4. The average molecular weight is 295 g/mol. The predicted molar refractivity (Wildman–Crippen MR) is 81.9 cm³/mol. The number of para-hydroxylation sites is 1. The van der Waals surface area contributed by atoms with Gasteiger partial charge in [-0.25, -0.2) is 8.42 Å². The van der Waals surface area contributed by atoms with Gasteiger partial charge in [-0.1, -0.05) is 26.0 Å². The molecule has 0 spiro atoms. The number of benzene rings is 1. The van der Waals surface area contributed by atoms with Gasteiger partial charge in [0.05, 0.1) is 18.6 Å². The molecule has 1 heterocycles. The van der Waals surface area contributed by atoms with Gasteiger partial charge in [-0.2, -0.15) is 0 Å². The smallest absolute Gasteiger partial charge is 0.229 e. The van der Waals surface area contributed by atoms with Crippen LogP contribution in [0.3, 0.4) is 0 Å². The van der Waals surface area contributed by atoms with Crippen LogP contribution in [0.15, 0.2) is 24.3 Å². The molecule has 110 valence electrons. The zero-order chi connectivity index (χ0) is 14.9. The molecule has 4 nitrogen and oxygen atoms in total. The van der Waals surface area contributed by atoms with Crippen molar-refractivity contribution in [3.63, 3.8) is 0 Å². The van der Waals surface area contributed by atoms with Crippen molar-refractivity contribution < 1.29 is 13.2 Å². The Morgan fingerprint density at radius 3 is 2.60 bits per heavy atom. The van der Waals surface area contributed by atoms with E-state index in [4.69, 9.17) is 4.74 Å². The highest BCUT2D eigenvalue weighted by Gasteiger charge is 2.23. The van der Waals surface area contributed by atoms with E-state index in [0.717, 1.165) is 23.1 Å². The number of sulfonamides is 1. The lowest BCUT2D eigenvalue weighted by atomic mass is 9.96. The van der Waals surface area contributed by atoms with Gasteiger partial charge in [0.2, 0.25) is 10.0 Å². The Morgan fingerprint density at radius 1 is 1.35 bits per heavy atom. The molecule has 2 rings (SSSR count). The number of anilines is 1. The van der Waals surface area contributed by atoms with Crippen molar-refractivity contribution in [3.8, 4) is 0 Å². The minimum Gasteiger partial charge on any atom is -0.493 e. The first-order chi connectivity index (χ1) is 9.28. The molecule has 0 saturated carbocycles. The van der Waals surface area contributed by atoms with Crippen LogP contribution < -0.4 is 4.72 Å². The molecule has 1 aliphatic heterocycles. The monoisotopic (exact) mass is 295 g/mol. The van der Waals surface area contributed by atoms with Gasteiger partial charge in [-0.3, -0.25) is 4.72 Å². The SMILES string of the molecule is Cc1cccc(C2=C[C@@H](C(C)C)CO2)c1NS(C)(=O)=O. The van der Waals surface area contributed by atoms with Gasteiger partial charge in [0.15, 0.2) is 0 Å². The molecule has 0 unspecified atom stereocenters. The van der Waals surface area contributed by atoms with Crippen LogP contribution in [0.1, 0.15) is 25.0 Å².